The summed E-state index contributed by atoms with van der Waals surface area (Å²) in [5, 5.41) is 9.24. The molecule has 5 nitrogen and oxygen atoms in total. The molecule has 1 N–H and O–H groups in total. The smallest absolute Gasteiger partial charge is 0.268 e. The number of nitrogens with zero attached hydrogens (tertiary/aromatic N) is 3. The lowest BCUT2D eigenvalue weighted by molar-refractivity contribution is 0.0949. The standard InChI is InChI=1S/C20H19ClN4O/c1-2-18(16-6-4-3-5-7-16)22-23-20(26)19-12-13-25(24-19)14-15-8-10-17(21)11-9-15/h3-13H,2,14H2,1H3,(H,23,26). The van der Waals surface area contributed by atoms with Crippen LogP contribution in [0.25, 0.3) is 0 Å². The van der Waals surface area contributed by atoms with Crippen molar-refractivity contribution >= 4 is 23.2 Å². The lowest BCUT2D eigenvalue weighted by Gasteiger charge is -2.04. The maximum Gasteiger partial charge on any atom is 0.291 e. The Morgan fingerprint density at radius 1 is 1.12 bits per heavy atom. The quantitative estimate of drug-likeness (QED) is 0.526. The van der Waals surface area contributed by atoms with E-state index in [-0.39, 0.29) is 5.91 Å². The molecule has 0 bridgehead atoms. The van der Waals surface area contributed by atoms with Crippen molar-refractivity contribution in [1.82, 2.24) is 15.2 Å². The van der Waals surface area contributed by atoms with Crippen molar-refractivity contribution in [2.75, 3.05) is 0 Å². The molecular formula is C20H19ClN4O. The van der Waals surface area contributed by atoms with Crippen LogP contribution < -0.4 is 5.43 Å². The fraction of sp³-hybridized carbons (Fsp3) is 0.150. The van der Waals surface area contributed by atoms with E-state index < -0.39 is 0 Å². The molecule has 0 saturated carbocycles. The van der Waals surface area contributed by atoms with Crippen molar-refractivity contribution in [2.45, 2.75) is 19.9 Å². The normalized spacial score (nSPS) is 11.4. The zero-order chi connectivity index (χ0) is 18.4. The van der Waals surface area contributed by atoms with Gasteiger partial charge in [-0.15, -0.1) is 0 Å². The Bertz CT molecular complexity index is 901. The Balaban J connectivity index is 1.66. The zero-order valence-electron chi connectivity index (χ0n) is 14.4. The van der Waals surface area contributed by atoms with E-state index in [0.29, 0.717) is 17.3 Å². The molecule has 3 aromatic rings. The third-order valence-electron chi connectivity index (χ3n) is 3.87. The first kappa shape index (κ1) is 17.9. The number of carbonyl (C=O) groups excluding carboxylic acids is 1. The number of hydrogen-bond donors (Lipinski definition) is 1. The lowest BCUT2D eigenvalue weighted by Crippen LogP contribution is -2.21. The highest BCUT2D eigenvalue weighted by Crippen LogP contribution is 2.11. The molecule has 1 amide bonds. The Kier molecular flexibility index (Phi) is 5.81. The molecule has 6 heteroatoms. The first-order valence-electron chi connectivity index (χ1n) is 8.36. The van der Waals surface area contributed by atoms with Crippen LogP contribution in [-0.4, -0.2) is 21.4 Å². The predicted molar refractivity (Wildman–Crippen MR) is 104 cm³/mol. The summed E-state index contributed by atoms with van der Waals surface area (Å²) in [4.78, 5) is 12.3. The van der Waals surface area contributed by atoms with Gasteiger partial charge in [0.05, 0.1) is 12.3 Å². The second kappa shape index (κ2) is 8.45. The number of benzene rings is 2. The highest BCUT2D eigenvalue weighted by atomic mass is 35.5. The summed E-state index contributed by atoms with van der Waals surface area (Å²) in [6, 6.07) is 19.0. The van der Waals surface area contributed by atoms with Crippen LogP contribution in [-0.2, 0) is 6.54 Å². The summed E-state index contributed by atoms with van der Waals surface area (Å²) in [5.41, 5.74) is 5.78. The van der Waals surface area contributed by atoms with E-state index in [1.807, 2.05) is 61.5 Å². The molecule has 0 radical (unpaired) electrons. The third kappa shape index (κ3) is 4.58. The largest absolute Gasteiger partial charge is 0.291 e. The van der Waals surface area contributed by atoms with Gasteiger partial charge >= 0.3 is 0 Å². The Morgan fingerprint density at radius 2 is 1.85 bits per heavy atom. The van der Waals surface area contributed by atoms with E-state index in [2.05, 4.69) is 15.6 Å². The van der Waals surface area contributed by atoms with Gasteiger partial charge in [-0.3, -0.25) is 9.48 Å². The van der Waals surface area contributed by atoms with E-state index >= 15 is 0 Å². The topological polar surface area (TPSA) is 59.3 Å². The average molecular weight is 367 g/mol. The predicted octanol–water partition coefficient (Wildman–Crippen LogP) is 4.13. The summed E-state index contributed by atoms with van der Waals surface area (Å²) >= 11 is 5.89. The first-order valence-corrected chi connectivity index (χ1v) is 8.73. The summed E-state index contributed by atoms with van der Waals surface area (Å²) < 4.78 is 1.71. The second-order valence-corrected chi connectivity index (χ2v) is 6.18. The second-order valence-electron chi connectivity index (χ2n) is 5.74. The number of hydrogen-bond acceptors (Lipinski definition) is 3. The van der Waals surface area contributed by atoms with Crippen molar-refractivity contribution in [3.8, 4) is 0 Å². The molecule has 0 spiro atoms. The van der Waals surface area contributed by atoms with Crippen molar-refractivity contribution in [1.29, 1.82) is 0 Å². The van der Waals surface area contributed by atoms with Crippen LogP contribution in [0.5, 0.6) is 0 Å². The SMILES string of the molecule is CCC(=NNC(=O)c1ccn(Cc2ccc(Cl)cc2)n1)c1ccccc1. The van der Waals surface area contributed by atoms with Crippen molar-refractivity contribution < 1.29 is 4.79 Å². The van der Waals surface area contributed by atoms with Gasteiger partial charge < -0.3 is 0 Å². The molecule has 0 fully saturated rings. The van der Waals surface area contributed by atoms with Crippen molar-refractivity contribution in [2.24, 2.45) is 5.10 Å². The van der Waals surface area contributed by atoms with Crippen LogP contribution in [0.1, 0.15) is 35.0 Å². The lowest BCUT2D eigenvalue weighted by atomic mass is 10.1. The van der Waals surface area contributed by atoms with Gasteiger partial charge in [-0.2, -0.15) is 10.2 Å². The molecule has 0 aliphatic rings. The summed E-state index contributed by atoms with van der Waals surface area (Å²) in [6.45, 7) is 2.57. The minimum atomic E-state index is -0.332. The molecule has 0 aliphatic carbocycles. The third-order valence-corrected chi connectivity index (χ3v) is 4.12. The highest BCUT2D eigenvalue weighted by molar-refractivity contribution is 6.30. The molecule has 1 heterocycles. The van der Waals surface area contributed by atoms with Gasteiger partial charge in [-0.05, 0) is 35.7 Å². The van der Waals surface area contributed by atoms with Gasteiger partial charge in [0.15, 0.2) is 5.69 Å². The zero-order valence-corrected chi connectivity index (χ0v) is 15.1. The maximum atomic E-state index is 12.3. The van der Waals surface area contributed by atoms with Crippen LogP contribution in [0.2, 0.25) is 5.02 Å². The molecule has 0 unspecified atom stereocenters. The molecule has 3 rings (SSSR count). The number of rotatable bonds is 6. The first-order chi connectivity index (χ1) is 12.7. The number of amides is 1. The van der Waals surface area contributed by atoms with Crippen LogP contribution in [0, 0.1) is 0 Å². The molecule has 26 heavy (non-hydrogen) atoms. The number of aromatic nitrogens is 2. The van der Waals surface area contributed by atoms with Crippen LogP contribution in [0.3, 0.4) is 0 Å². The van der Waals surface area contributed by atoms with Gasteiger partial charge in [-0.25, -0.2) is 5.43 Å². The van der Waals surface area contributed by atoms with Gasteiger partial charge in [0.25, 0.3) is 5.91 Å². The van der Waals surface area contributed by atoms with E-state index in [9.17, 15) is 4.79 Å². The van der Waals surface area contributed by atoms with Gasteiger partial charge in [0.1, 0.15) is 0 Å². The summed E-state index contributed by atoms with van der Waals surface area (Å²) in [7, 11) is 0. The fourth-order valence-corrected chi connectivity index (χ4v) is 2.63. The van der Waals surface area contributed by atoms with Crippen LogP contribution in [0.4, 0.5) is 0 Å². The van der Waals surface area contributed by atoms with E-state index in [4.69, 9.17) is 11.6 Å². The molecule has 0 saturated heterocycles. The Hall–Kier alpha value is -2.92. The van der Waals surface area contributed by atoms with Gasteiger partial charge in [-0.1, -0.05) is 61.0 Å². The monoisotopic (exact) mass is 366 g/mol. The van der Waals surface area contributed by atoms with Crippen molar-refractivity contribution in [3.05, 3.63) is 88.7 Å². The number of carbonyl (C=O) groups is 1. The molecule has 1 aromatic heterocycles. The van der Waals surface area contributed by atoms with Crippen molar-refractivity contribution in [3.63, 3.8) is 0 Å². The summed E-state index contributed by atoms with van der Waals surface area (Å²) in [6.07, 6.45) is 2.49. The molecule has 0 atom stereocenters. The Labute approximate surface area is 157 Å². The fourth-order valence-electron chi connectivity index (χ4n) is 2.50. The number of nitrogens with one attached hydrogen (secondary N) is 1. The minimum absolute atomic E-state index is 0.325. The van der Waals surface area contributed by atoms with E-state index in [1.165, 1.54) is 0 Å². The number of halogens is 1. The van der Waals surface area contributed by atoms with Gasteiger partial charge in [0.2, 0.25) is 0 Å². The highest BCUT2D eigenvalue weighted by Gasteiger charge is 2.10. The minimum Gasteiger partial charge on any atom is -0.268 e. The molecule has 2 aromatic carbocycles. The average Bonchev–Trinajstić information content (AvgIpc) is 3.13. The van der Waals surface area contributed by atoms with Crippen LogP contribution in [0.15, 0.2) is 72.0 Å². The molecule has 132 valence electrons. The Morgan fingerprint density at radius 3 is 2.54 bits per heavy atom. The van der Waals surface area contributed by atoms with Gasteiger partial charge in [0, 0.05) is 11.2 Å². The molecular weight excluding hydrogens is 348 g/mol. The maximum absolute atomic E-state index is 12.3. The number of hydrazone groups is 1. The van der Waals surface area contributed by atoms with E-state index in [1.54, 1.807) is 16.9 Å². The molecule has 0 aliphatic heterocycles. The summed E-state index contributed by atoms with van der Waals surface area (Å²) in [5.74, 6) is -0.332. The van der Waals surface area contributed by atoms with Crippen LogP contribution >= 0.6 is 11.6 Å². The van der Waals surface area contributed by atoms with E-state index in [0.717, 1.165) is 23.3 Å².